The summed E-state index contributed by atoms with van der Waals surface area (Å²) in [4.78, 5) is 0. The van der Waals surface area contributed by atoms with Gasteiger partial charge in [-0.15, -0.1) is 0 Å². The predicted octanol–water partition coefficient (Wildman–Crippen LogP) is 0.953. The third kappa shape index (κ3) is 7.28. The molecule has 5 nitrogen and oxygen atoms in total. The van der Waals surface area contributed by atoms with Crippen molar-refractivity contribution in [1.82, 2.24) is 0 Å². The van der Waals surface area contributed by atoms with Gasteiger partial charge in [0.2, 0.25) is 0 Å². The van der Waals surface area contributed by atoms with Crippen molar-refractivity contribution in [3.05, 3.63) is 0 Å². The van der Waals surface area contributed by atoms with Crippen molar-refractivity contribution in [1.29, 1.82) is 0 Å². The van der Waals surface area contributed by atoms with E-state index in [4.69, 9.17) is 24.7 Å². The molecule has 108 valence electrons. The van der Waals surface area contributed by atoms with E-state index < -0.39 is 0 Å². The van der Waals surface area contributed by atoms with E-state index in [0.717, 1.165) is 12.8 Å². The van der Waals surface area contributed by atoms with Crippen LogP contribution in [0.4, 0.5) is 0 Å². The van der Waals surface area contributed by atoms with Gasteiger partial charge in [0.15, 0.2) is 0 Å². The molecule has 1 fully saturated rings. The molecule has 0 amide bonds. The van der Waals surface area contributed by atoms with Crippen molar-refractivity contribution in [2.75, 3.05) is 46.8 Å². The fraction of sp³-hybridized carbons (Fsp3) is 1.00. The van der Waals surface area contributed by atoms with Crippen molar-refractivity contribution in [2.24, 2.45) is 5.73 Å². The average molecular weight is 261 g/mol. The third-order valence-electron chi connectivity index (χ3n) is 3.12. The first kappa shape index (κ1) is 15.9. The summed E-state index contributed by atoms with van der Waals surface area (Å²) in [7, 11) is 1.66. The molecule has 0 aromatic heterocycles. The number of rotatable bonds is 10. The molecular formula is C13H27NO4. The fourth-order valence-electron chi connectivity index (χ4n) is 2.06. The van der Waals surface area contributed by atoms with E-state index in [9.17, 15) is 0 Å². The Balaban J connectivity index is 1.83. The molecule has 2 N–H and O–H groups in total. The van der Waals surface area contributed by atoms with Gasteiger partial charge >= 0.3 is 0 Å². The molecule has 5 heteroatoms. The maximum absolute atomic E-state index is 5.99. The minimum Gasteiger partial charge on any atom is -0.382 e. The van der Waals surface area contributed by atoms with E-state index in [2.05, 4.69) is 0 Å². The molecule has 1 aliphatic rings. The Labute approximate surface area is 110 Å². The summed E-state index contributed by atoms with van der Waals surface area (Å²) in [6.45, 7) is 3.68. The molecule has 2 unspecified atom stereocenters. The highest BCUT2D eigenvalue weighted by Crippen LogP contribution is 2.19. The van der Waals surface area contributed by atoms with Crippen molar-refractivity contribution in [3.8, 4) is 0 Å². The lowest BCUT2D eigenvalue weighted by Gasteiger charge is -2.28. The molecule has 0 radical (unpaired) electrons. The highest BCUT2D eigenvalue weighted by atomic mass is 16.6. The van der Waals surface area contributed by atoms with Crippen molar-refractivity contribution >= 4 is 0 Å². The zero-order valence-corrected chi connectivity index (χ0v) is 11.4. The first-order chi connectivity index (χ1) is 8.84. The number of nitrogens with two attached hydrogens (primary N) is 1. The monoisotopic (exact) mass is 261 g/mol. The van der Waals surface area contributed by atoms with Crippen LogP contribution in [0.15, 0.2) is 0 Å². The highest BCUT2D eigenvalue weighted by molar-refractivity contribution is 4.78. The fourth-order valence-corrected chi connectivity index (χ4v) is 2.06. The van der Waals surface area contributed by atoms with Crippen LogP contribution in [0, 0.1) is 0 Å². The molecule has 0 heterocycles. The molecule has 0 bridgehead atoms. The number of methoxy groups -OCH3 is 1. The second-order valence-corrected chi connectivity index (χ2v) is 4.58. The molecule has 18 heavy (non-hydrogen) atoms. The Kier molecular flexibility index (Phi) is 9.42. The summed E-state index contributed by atoms with van der Waals surface area (Å²) in [6.07, 6.45) is 4.85. The lowest BCUT2D eigenvalue weighted by Crippen LogP contribution is -2.39. The van der Waals surface area contributed by atoms with Crippen LogP contribution >= 0.6 is 0 Å². The quantitative estimate of drug-likeness (QED) is 0.593. The lowest BCUT2D eigenvalue weighted by molar-refractivity contribution is -0.0313. The van der Waals surface area contributed by atoms with E-state index in [1.807, 2.05) is 0 Å². The van der Waals surface area contributed by atoms with Crippen molar-refractivity contribution < 1.29 is 18.9 Å². The molecular weight excluding hydrogens is 234 g/mol. The van der Waals surface area contributed by atoms with Gasteiger partial charge in [-0.05, 0) is 12.8 Å². The third-order valence-corrected chi connectivity index (χ3v) is 3.12. The molecule has 1 aliphatic carbocycles. The first-order valence-corrected chi connectivity index (χ1v) is 6.86. The second kappa shape index (κ2) is 10.7. The number of hydrogen-bond donors (Lipinski definition) is 1. The van der Waals surface area contributed by atoms with Crippen LogP contribution in [0.3, 0.4) is 0 Å². The van der Waals surface area contributed by atoms with Gasteiger partial charge < -0.3 is 24.7 Å². The minimum atomic E-state index is 0.205. The molecule has 2 atom stereocenters. The van der Waals surface area contributed by atoms with Crippen LogP contribution in [0.1, 0.15) is 25.7 Å². The van der Waals surface area contributed by atoms with Gasteiger partial charge in [-0.25, -0.2) is 0 Å². The largest absolute Gasteiger partial charge is 0.382 e. The lowest BCUT2D eigenvalue weighted by atomic mass is 9.93. The van der Waals surface area contributed by atoms with Crippen molar-refractivity contribution in [2.45, 2.75) is 37.8 Å². The van der Waals surface area contributed by atoms with Crippen LogP contribution in [0.2, 0.25) is 0 Å². The maximum atomic E-state index is 5.99. The maximum Gasteiger partial charge on any atom is 0.0727 e. The molecule has 0 saturated heterocycles. The molecule has 0 aliphatic heterocycles. The Morgan fingerprint density at radius 3 is 2.17 bits per heavy atom. The van der Waals surface area contributed by atoms with Crippen LogP contribution in [-0.4, -0.2) is 58.9 Å². The van der Waals surface area contributed by atoms with Crippen LogP contribution in [0.5, 0.6) is 0 Å². The van der Waals surface area contributed by atoms with E-state index in [0.29, 0.717) is 39.6 Å². The topological polar surface area (TPSA) is 62.9 Å². The zero-order chi connectivity index (χ0) is 13.1. The van der Waals surface area contributed by atoms with E-state index in [-0.39, 0.29) is 12.1 Å². The number of hydrogen-bond acceptors (Lipinski definition) is 5. The minimum absolute atomic E-state index is 0.205. The summed E-state index contributed by atoms with van der Waals surface area (Å²) in [5.74, 6) is 0. The molecule has 0 spiro atoms. The van der Waals surface area contributed by atoms with Crippen molar-refractivity contribution in [3.63, 3.8) is 0 Å². The van der Waals surface area contributed by atoms with E-state index in [1.54, 1.807) is 7.11 Å². The van der Waals surface area contributed by atoms with Gasteiger partial charge in [-0.2, -0.15) is 0 Å². The molecule has 0 aromatic carbocycles. The van der Waals surface area contributed by atoms with Crippen LogP contribution in [-0.2, 0) is 18.9 Å². The normalized spacial score (nSPS) is 24.3. The van der Waals surface area contributed by atoms with Crippen LogP contribution in [0.25, 0.3) is 0 Å². The van der Waals surface area contributed by atoms with Gasteiger partial charge in [0.1, 0.15) is 0 Å². The van der Waals surface area contributed by atoms with E-state index >= 15 is 0 Å². The van der Waals surface area contributed by atoms with Gasteiger partial charge in [-0.1, -0.05) is 12.8 Å². The molecule has 1 rings (SSSR count). The Hall–Kier alpha value is -0.200. The summed E-state index contributed by atoms with van der Waals surface area (Å²) in [5.41, 5.74) is 5.99. The summed E-state index contributed by atoms with van der Waals surface area (Å²) in [6, 6.07) is 0.205. The molecule has 0 aromatic rings. The Morgan fingerprint density at radius 2 is 1.50 bits per heavy atom. The smallest absolute Gasteiger partial charge is 0.0727 e. The zero-order valence-electron chi connectivity index (χ0n) is 11.4. The Bertz CT molecular complexity index is 192. The average Bonchev–Trinajstić information content (AvgIpc) is 2.39. The van der Waals surface area contributed by atoms with Gasteiger partial charge in [0, 0.05) is 13.2 Å². The summed E-state index contributed by atoms with van der Waals surface area (Å²) < 4.78 is 21.3. The van der Waals surface area contributed by atoms with Crippen LogP contribution < -0.4 is 5.73 Å². The van der Waals surface area contributed by atoms with Gasteiger partial charge in [0.05, 0.1) is 45.7 Å². The standard InChI is InChI=1S/C13H27NO4/c1-15-6-7-16-8-9-17-10-11-18-13-5-3-2-4-12(13)14/h12-13H,2-11,14H2,1H3. The SMILES string of the molecule is COCCOCCOCCOC1CCCCC1N. The summed E-state index contributed by atoms with van der Waals surface area (Å²) >= 11 is 0. The highest BCUT2D eigenvalue weighted by Gasteiger charge is 2.21. The number of ether oxygens (including phenoxy) is 4. The Morgan fingerprint density at radius 1 is 0.889 bits per heavy atom. The first-order valence-electron chi connectivity index (χ1n) is 6.86. The van der Waals surface area contributed by atoms with Gasteiger partial charge in [0.25, 0.3) is 0 Å². The van der Waals surface area contributed by atoms with Gasteiger partial charge in [-0.3, -0.25) is 0 Å². The molecule has 1 saturated carbocycles. The predicted molar refractivity (Wildman–Crippen MR) is 69.7 cm³/mol. The van der Waals surface area contributed by atoms with E-state index in [1.165, 1.54) is 12.8 Å². The summed E-state index contributed by atoms with van der Waals surface area (Å²) in [5, 5.41) is 0. The second-order valence-electron chi connectivity index (χ2n) is 4.58.